The molecule has 1 fully saturated rings. The molecule has 4 amide bonds. The predicted molar refractivity (Wildman–Crippen MR) is 188 cm³/mol. The maximum absolute atomic E-state index is 15.2. The summed E-state index contributed by atoms with van der Waals surface area (Å²) in [7, 11) is 1.59. The van der Waals surface area contributed by atoms with Crippen LogP contribution in [0.15, 0.2) is 77.8 Å². The normalized spacial score (nSPS) is 14.0. The van der Waals surface area contributed by atoms with Crippen molar-refractivity contribution in [3.05, 3.63) is 106 Å². The van der Waals surface area contributed by atoms with E-state index < -0.39 is 23.7 Å². The first-order valence-corrected chi connectivity index (χ1v) is 16.4. The van der Waals surface area contributed by atoms with Crippen LogP contribution in [-0.2, 0) is 24.2 Å². The van der Waals surface area contributed by atoms with Crippen molar-refractivity contribution in [3.8, 4) is 11.3 Å². The highest BCUT2D eigenvalue weighted by Gasteiger charge is 2.34. The number of carbonyl (C=O) groups is 3. The van der Waals surface area contributed by atoms with E-state index in [2.05, 4.69) is 27.3 Å². The van der Waals surface area contributed by atoms with Crippen molar-refractivity contribution in [1.29, 1.82) is 0 Å². The van der Waals surface area contributed by atoms with Gasteiger partial charge in [0.1, 0.15) is 11.6 Å². The molecule has 4 aromatic rings. The smallest absolute Gasteiger partial charge is 0.307 e. The fourth-order valence-corrected chi connectivity index (χ4v) is 6.21. The van der Waals surface area contributed by atoms with Gasteiger partial charge in [-0.1, -0.05) is 56.0 Å². The summed E-state index contributed by atoms with van der Waals surface area (Å²) in [5.41, 5.74) is 3.05. The lowest BCUT2D eigenvalue weighted by Gasteiger charge is -2.20. The van der Waals surface area contributed by atoms with Gasteiger partial charge in [0.2, 0.25) is 5.91 Å². The third-order valence-electron chi connectivity index (χ3n) is 7.95. The van der Waals surface area contributed by atoms with Crippen LogP contribution >= 0.6 is 11.8 Å². The molecule has 0 unspecified atom stereocenters. The molecule has 13 heteroatoms. The van der Waals surface area contributed by atoms with Gasteiger partial charge in [0.15, 0.2) is 5.17 Å². The molecule has 0 bridgehead atoms. The number of amidine groups is 1. The number of benzene rings is 3. The molecule has 49 heavy (non-hydrogen) atoms. The predicted octanol–water partition coefficient (Wildman–Crippen LogP) is 8.38. The number of aromatic nitrogens is 2. The fourth-order valence-electron chi connectivity index (χ4n) is 5.35. The average molecular weight is 689 g/mol. The molecule has 3 aromatic carbocycles. The molecule has 254 valence electrons. The van der Waals surface area contributed by atoms with Crippen LogP contribution < -0.4 is 15.5 Å². The lowest BCUT2D eigenvalue weighted by atomic mass is 9.96. The summed E-state index contributed by atoms with van der Waals surface area (Å²) >= 11 is 1.14. The Kier molecular flexibility index (Phi) is 10.1. The maximum Gasteiger partial charge on any atom is 0.347 e. The minimum absolute atomic E-state index is 0.123. The van der Waals surface area contributed by atoms with Crippen LogP contribution in [0.2, 0.25) is 0 Å². The Hall–Kier alpha value is -5.17. The first-order valence-electron chi connectivity index (χ1n) is 15.4. The summed E-state index contributed by atoms with van der Waals surface area (Å²) in [4.78, 5) is 44.3. The van der Waals surface area contributed by atoms with E-state index in [1.165, 1.54) is 59.8 Å². The van der Waals surface area contributed by atoms with Crippen LogP contribution in [0.1, 0.15) is 52.9 Å². The van der Waals surface area contributed by atoms with E-state index in [0.717, 1.165) is 35.7 Å². The summed E-state index contributed by atoms with van der Waals surface area (Å²) < 4.78 is 45.6. The monoisotopic (exact) mass is 688 g/mol. The standard InChI is InChI=1S/C36H35F3N6O3S/c1-7-8-23-10-9-21(4)15-30(23)45-32(46)19-49-35(45)42-34(48)40-28-14-12-24(17-27(28)37)29-18-31(44(6)43-29)41-33(47)25-11-13-26(22(5)16-25)36(38,39)20(2)3/h9-18H,2,7-8,19H2,1,3-6H3,(H,40,48)(H,41,47)/b42-35-. The number of aliphatic imine (C=N–C) groups is 1. The van der Waals surface area contributed by atoms with E-state index >= 15 is 4.39 Å². The number of rotatable bonds is 9. The van der Waals surface area contributed by atoms with Crippen molar-refractivity contribution in [2.45, 2.75) is 46.5 Å². The third kappa shape index (κ3) is 7.46. The Morgan fingerprint density at radius 1 is 1.06 bits per heavy atom. The van der Waals surface area contributed by atoms with E-state index in [1.54, 1.807) is 13.1 Å². The van der Waals surface area contributed by atoms with Crippen LogP contribution in [0.5, 0.6) is 0 Å². The summed E-state index contributed by atoms with van der Waals surface area (Å²) in [6.45, 7) is 10.1. The highest BCUT2D eigenvalue weighted by Crippen LogP contribution is 2.37. The minimum atomic E-state index is -3.23. The van der Waals surface area contributed by atoms with Crippen molar-refractivity contribution >= 4 is 52.0 Å². The summed E-state index contributed by atoms with van der Waals surface area (Å²) in [5.74, 6) is -4.31. The number of carbonyl (C=O) groups excluding carboxylic acids is 3. The maximum atomic E-state index is 15.2. The number of urea groups is 1. The molecule has 0 radical (unpaired) electrons. The molecule has 0 aliphatic carbocycles. The Morgan fingerprint density at radius 3 is 2.49 bits per heavy atom. The Balaban J connectivity index is 1.30. The van der Waals surface area contributed by atoms with E-state index in [4.69, 9.17) is 0 Å². The molecular formula is C36H35F3N6O3S. The fraction of sp³-hybridized carbons (Fsp3) is 0.250. The van der Waals surface area contributed by atoms with Gasteiger partial charge in [-0.2, -0.15) is 18.9 Å². The van der Waals surface area contributed by atoms with Crippen molar-refractivity contribution in [2.24, 2.45) is 12.0 Å². The molecule has 1 aliphatic rings. The number of anilines is 3. The zero-order valence-corrected chi connectivity index (χ0v) is 28.5. The van der Waals surface area contributed by atoms with Crippen LogP contribution in [-0.4, -0.2) is 38.5 Å². The van der Waals surface area contributed by atoms with Crippen LogP contribution in [0.3, 0.4) is 0 Å². The lowest BCUT2D eigenvalue weighted by molar-refractivity contribution is -0.115. The van der Waals surface area contributed by atoms with Gasteiger partial charge in [-0.3, -0.25) is 19.2 Å². The number of hydrogen-bond donors (Lipinski definition) is 2. The Bertz CT molecular complexity index is 2020. The summed E-state index contributed by atoms with van der Waals surface area (Å²) in [6, 6.07) is 14.5. The molecule has 2 N–H and O–H groups in total. The summed E-state index contributed by atoms with van der Waals surface area (Å²) in [6.07, 6.45) is 1.62. The van der Waals surface area contributed by atoms with E-state index in [9.17, 15) is 23.2 Å². The molecule has 1 saturated heterocycles. The quantitative estimate of drug-likeness (QED) is 0.172. The van der Waals surface area contributed by atoms with E-state index in [0.29, 0.717) is 16.9 Å². The topological polar surface area (TPSA) is 109 Å². The van der Waals surface area contributed by atoms with Gasteiger partial charge in [-0.05, 0) is 79.8 Å². The molecule has 5 rings (SSSR count). The number of allylic oxidation sites excluding steroid dienone is 1. The molecule has 1 aromatic heterocycles. The number of alkyl halides is 2. The second-order valence-corrected chi connectivity index (χ2v) is 12.7. The van der Waals surface area contributed by atoms with Gasteiger partial charge in [0, 0.05) is 29.8 Å². The molecule has 9 nitrogen and oxygen atoms in total. The van der Waals surface area contributed by atoms with Crippen molar-refractivity contribution in [2.75, 3.05) is 21.3 Å². The SMILES string of the molecule is C=C(C)C(F)(F)c1ccc(C(=O)Nc2cc(-c3ccc(NC(=O)/N=C4\SCC(=O)N4c4cc(C)ccc4CCC)c(F)c3)nn2C)cc1C. The zero-order valence-electron chi connectivity index (χ0n) is 27.7. The lowest BCUT2D eigenvalue weighted by Crippen LogP contribution is -2.31. The second-order valence-electron chi connectivity index (χ2n) is 11.8. The number of amides is 4. The molecular weight excluding hydrogens is 653 g/mol. The second kappa shape index (κ2) is 14.1. The van der Waals surface area contributed by atoms with Gasteiger partial charge in [-0.15, -0.1) is 0 Å². The summed E-state index contributed by atoms with van der Waals surface area (Å²) in [5, 5.41) is 9.72. The van der Waals surface area contributed by atoms with Crippen molar-refractivity contribution in [3.63, 3.8) is 0 Å². The third-order valence-corrected chi connectivity index (χ3v) is 8.88. The molecule has 2 heterocycles. The first kappa shape index (κ1) is 35.1. The first-order chi connectivity index (χ1) is 23.2. The molecule has 1 aliphatic heterocycles. The molecule has 0 saturated carbocycles. The van der Waals surface area contributed by atoms with Crippen molar-refractivity contribution in [1.82, 2.24) is 9.78 Å². The largest absolute Gasteiger partial charge is 0.347 e. The minimum Gasteiger partial charge on any atom is -0.307 e. The molecule has 0 spiro atoms. The van der Waals surface area contributed by atoms with Gasteiger partial charge >= 0.3 is 6.03 Å². The Morgan fingerprint density at radius 2 is 1.82 bits per heavy atom. The number of nitrogens with one attached hydrogen (secondary N) is 2. The Labute approximate surface area is 286 Å². The number of nitrogens with zero attached hydrogens (tertiary/aromatic N) is 4. The number of hydrogen-bond acceptors (Lipinski definition) is 5. The van der Waals surface area contributed by atoms with Gasteiger partial charge in [0.05, 0.1) is 22.8 Å². The van der Waals surface area contributed by atoms with Gasteiger partial charge in [-0.25, -0.2) is 9.18 Å². The highest BCUT2D eigenvalue weighted by atomic mass is 32.2. The van der Waals surface area contributed by atoms with Crippen LogP contribution in [0.25, 0.3) is 11.3 Å². The van der Waals surface area contributed by atoms with Gasteiger partial charge in [0.25, 0.3) is 11.8 Å². The zero-order chi connectivity index (χ0) is 35.6. The van der Waals surface area contributed by atoms with Gasteiger partial charge < -0.3 is 10.6 Å². The number of halogens is 3. The highest BCUT2D eigenvalue weighted by molar-refractivity contribution is 8.15. The van der Waals surface area contributed by atoms with E-state index in [-0.39, 0.29) is 50.6 Å². The average Bonchev–Trinajstić information content (AvgIpc) is 3.59. The molecule has 0 atom stereocenters. The number of aryl methyl sites for hydroxylation is 4. The van der Waals surface area contributed by atoms with Crippen LogP contribution in [0, 0.1) is 19.7 Å². The van der Waals surface area contributed by atoms with Crippen LogP contribution in [0.4, 0.5) is 35.2 Å². The van der Waals surface area contributed by atoms with Crippen molar-refractivity contribution < 1.29 is 27.6 Å². The van der Waals surface area contributed by atoms with E-state index in [1.807, 2.05) is 32.0 Å². The number of thioether (sulfide) groups is 1.